The summed E-state index contributed by atoms with van der Waals surface area (Å²) in [4.78, 5) is 4.93. The molecule has 2 heterocycles. The van der Waals surface area contributed by atoms with Gasteiger partial charge in [0.05, 0.1) is 6.54 Å². The summed E-state index contributed by atoms with van der Waals surface area (Å²) in [6, 6.07) is 6.69. The molecule has 0 spiro atoms. The van der Waals surface area contributed by atoms with Crippen LogP contribution in [0.1, 0.15) is 45.6 Å². The number of ether oxygens (including phenoxy) is 3. The Bertz CT molecular complexity index is 627. The van der Waals surface area contributed by atoms with Crippen molar-refractivity contribution in [2.45, 2.75) is 51.5 Å². The largest absolute Gasteiger partial charge is 0.454 e. The fourth-order valence-electron chi connectivity index (χ4n) is 3.41. The fraction of sp³-hybridized carbons (Fsp3) is 0.650. The van der Waals surface area contributed by atoms with Crippen LogP contribution in [0.2, 0.25) is 0 Å². The van der Waals surface area contributed by atoms with Gasteiger partial charge in [0.15, 0.2) is 17.5 Å². The van der Waals surface area contributed by atoms with Gasteiger partial charge in [0, 0.05) is 31.2 Å². The maximum absolute atomic E-state index is 5.64. The van der Waals surface area contributed by atoms with E-state index in [-0.39, 0.29) is 5.41 Å². The Hall–Kier alpha value is -1.95. The average molecular weight is 361 g/mol. The molecule has 1 aromatic carbocycles. The first-order valence-electron chi connectivity index (χ1n) is 9.69. The van der Waals surface area contributed by atoms with Gasteiger partial charge in [0.25, 0.3) is 0 Å². The van der Waals surface area contributed by atoms with E-state index in [0.29, 0.717) is 12.8 Å². The van der Waals surface area contributed by atoms with Crippen molar-refractivity contribution >= 4 is 5.96 Å². The topological polar surface area (TPSA) is 64.1 Å². The lowest BCUT2D eigenvalue weighted by Gasteiger charge is -2.37. The van der Waals surface area contributed by atoms with E-state index in [4.69, 9.17) is 19.2 Å². The highest BCUT2D eigenvalue weighted by molar-refractivity contribution is 5.80. The van der Waals surface area contributed by atoms with Gasteiger partial charge in [-0.25, -0.2) is 0 Å². The SMILES string of the molecule is CCNC(=NCC1(c2ccc3c(c2)OCO3)CCOCC1)NC(C)CC. The Morgan fingerprint density at radius 1 is 1.19 bits per heavy atom. The van der Waals surface area contributed by atoms with Crippen LogP contribution in [-0.2, 0) is 10.2 Å². The molecule has 3 rings (SSSR count). The predicted molar refractivity (Wildman–Crippen MR) is 103 cm³/mol. The fourth-order valence-corrected chi connectivity index (χ4v) is 3.41. The van der Waals surface area contributed by atoms with Gasteiger partial charge < -0.3 is 24.8 Å². The van der Waals surface area contributed by atoms with Crippen LogP contribution in [0.4, 0.5) is 0 Å². The van der Waals surface area contributed by atoms with Crippen LogP contribution in [0, 0.1) is 0 Å². The second-order valence-corrected chi connectivity index (χ2v) is 7.11. The van der Waals surface area contributed by atoms with Gasteiger partial charge in [-0.15, -0.1) is 0 Å². The molecule has 0 bridgehead atoms. The molecule has 0 aliphatic carbocycles. The standard InChI is InChI=1S/C20H31N3O3/c1-4-15(3)23-19(21-5-2)22-13-20(8-10-24-11-9-20)16-6-7-17-18(12-16)26-14-25-17/h6-7,12,15H,4-5,8-11,13-14H2,1-3H3,(H2,21,22,23). The van der Waals surface area contributed by atoms with Gasteiger partial charge in [-0.3, -0.25) is 4.99 Å². The van der Waals surface area contributed by atoms with Crippen LogP contribution in [-0.4, -0.2) is 45.1 Å². The molecule has 1 saturated heterocycles. The zero-order chi connectivity index (χ0) is 18.4. The summed E-state index contributed by atoms with van der Waals surface area (Å²) in [5, 5.41) is 6.84. The number of guanidine groups is 1. The number of nitrogens with one attached hydrogen (secondary N) is 2. The average Bonchev–Trinajstić information content (AvgIpc) is 3.15. The van der Waals surface area contributed by atoms with Gasteiger partial charge >= 0.3 is 0 Å². The lowest BCUT2D eigenvalue weighted by molar-refractivity contribution is 0.0530. The molecule has 144 valence electrons. The van der Waals surface area contributed by atoms with Crippen LogP contribution in [0.3, 0.4) is 0 Å². The summed E-state index contributed by atoms with van der Waals surface area (Å²) in [6.45, 7) is 9.85. The monoisotopic (exact) mass is 361 g/mol. The number of rotatable bonds is 6. The molecule has 1 atom stereocenters. The number of hydrogen-bond donors (Lipinski definition) is 2. The second kappa shape index (κ2) is 8.62. The van der Waals surface area contributed by atoms with Crippen molar-refractivity contribution in [2.24, 2.45) is 4.99 Å². The summed E-state index contributed by atoms with van der Waals surface area (Å²) in [6.07, 6.45) is 2.98. The maximum atomic E-state index is 5.64. The Labute approximate surface area is 156 Å². The zero-order valence-corrected chi connectivity index (χ0v) is 16.1. The lowest BCUT2D eigenvalue weighted by atomic mass is 9.74. The molecule has 26 heavy (non-hydrogen) atoms. The van der Waals surface area contributed by atoms with Crippen molar-refractivity contribution in [3.8, 4) is 11.5 Å². The van der Waals surface area contributed by atoms with E-state index in [9.17, 15) is 0 Å². The number of fused-ring (bicyclic) bond motifs is 1. The third-order valence-corrected chi connectivity index (χ3v) is 5.31. The van der Waals surface area contributed by atoms with Crippen LogP contribution in [0.25, 0.3) is 0 Å². The predicted octanol–water partition coefficient (Wildman–Crippen LogP) is 2.82. The smallest absolute Gasteiger partial charge is 0.231 e. The highest BCUT2D eigenvalue weighted by Gasteiger charge is 2.35. The Balaban J connectivity index is 1.83. The van der Waals surface area contributed by atoms with Crippen LogP contribution >= 0.6 is 0 Å². The van der Waals surface area contributed by atoms with E-state index in [1.165, 1.54) is 5.56 Å². The molecule has 0 amide bonds. The number of hydrogen-bond acceptors (Lipinski definition) is 4. The van der Waals surface area contributed by atoms with Crippen LogP contribution in [0.5, 0.6) is 11.5 Å². The first kappa shape index (κ1) is 18.8. The van der Waals surface area contributed by atoms with E-state index in [1.807, 2.05) is 6.07 Å². The molecular formula is C20H31N3O3. The molecule has 1 fully saturated rings. The molecule has 6 heteroatoms. The summed E-state index contributed by atoms with van der Waals surface area (Å²) in [7, 11) is 0. The normalized spacial score (nSPS) is 19.9. The van der Waals surface area contributed by atoms with E-state index >= 15 is 0 Å². The molecule has 2 aliphatic rings. The lowest BCUT2D eigenvalue weighted by Crippen LogP contribution is -2.44. The first-order valence-corrected chi connectivity index (χ1v) is 9.69. The van der Waals surface area contributed by atoms with E-state index < -0.39 is 0 Å². The summed E-state index contributed by atoms with van der Waals surface area (Å²) in [5.74, 6) is 2.54. The van der Waals surface area contributed by atoms with E-state index in [1.54, 1.807) is 0 Å². The third-order valence-electron chi connectivity index (χ3n) is 5.31. The highest BCUT2D eigenvalue weighted by atomic mass is 16.7. The molecular weight excluding hydrogens is 330 g/mol. The molecule has 2 aliphatic heterocycles. The van der Waals surface area contributed by atoms with E-state index in [0.717, 1.165) is 63.0 Å². The second-order valence-electron chi connectivity index (χ2n) is 7.11. The number of aliphatic imine (C=N–C) groups is 1. The highest BCUT2D eigenvalue weighted by Crippen LogP contribution is 2.41. The van der Waals surface area contributed by atoms with Crippen LogP contribution < -0.4 is 20.1 Å². The van der Waals surface area contributed by atoms with Crippen LogP contribution in [0.15, 0.2) is 23.2 Å². The Kier molecular flexibility index (Phi) is 6.25. The van der Waals surface area contributed by atoms with Crippen molar-refractivity contribution in [3.05, 3.63) is 23.8 Å². The van der Waals surface area contributed by atoms with Crippen molar-refractivity contribution < 1.29 is 14.2 Å². The maximum Gasteiger partial charge on any atom is 0.231 e. The van der Waals surface area contributed by atoms with Gasteiger partial charge in [-0.05, 0) is 50.8 Å². The summed E-state index contributed by atoms with van der Waals surface area (Å²) in [5.41, 5.74) is 1.23. The minimum Gasteiger partial charge on any atom is -0.454 e. The number of nitrogens with zero attached hydrogens (tertiary/aromatic N) is 1. The van der Waals surface area contributed by atoms with Crippen molar-refractivity contribution in [3.63, 3.8) is 0 Å². The molecule has 0 saturated carbocycles. The Morgan fingerprint density at radius 2 is 1.96 bits per heavy atom. The third kappa shape index (κ3) is 4.23. The molecule has 0 radical (unpaired) electrons. The molecule has 1 unspecified atom stereocenters. The van der Waals surface area contributed by atoms with Gasteiger partial charge in [-0.2, -0.15) is 0 Å². The molecule has 2 N–H and O–H groups in total. The first-order chi connectivity index (χ1) is 12.7. The summed E-state index contributed by atoms with van der Waals surface area (Å²) >= 11 is 0. The van der Waals surface area contributed by atoms with Crippen molar-refractivity contribution in [1.82, 2.24) is 10.6 Å². The molecule has 6 nitrogen and oxygen atoms in total. The molecule has 0 aromatic heterocycles. The van der Waals surface area contributed by atoms with Crippen molar-refractivity contribution in [1.29, 1.82) is 0 Å². The number of benzene rings is 1. The minimum atomic E-state index is -0.0307. The van der Waals surface area contributed by atoms with Gasteiger partial charge in [-0.1, -0.05) is 13.0 Å². The zero-order valence-electron chi connectivity index (χ0n) is 16.1. The molecule has 1 aromatic rings. The minimum absolute atomic E-state index is 0.0307. The Morgan fingerprint density at radius 3 is 2.69 bits per heavy atom. The van der Waals surface area contributed by atoms with Crippen molar-refractivity contribution in [2.75, 3.05) is 33.1 Å². The van der Waals surface area contributed by atoms with E-state index in [2.05, 4.69) is 43.5 Å². The van der Waals surface area contributed by atoms with Gasteiger partial charge in [0.1, 0.15) is 0 Å². The quantitative estimate of drug-likeness (QED) is 0.603. The summed E-state index contributed by atoms with van der Waals surface area (Å²) < 4.78 is 16.7. The van der Waals surface area contributed by atoms with Gasteiger partial charge in [0.2, 0.25) is 6.79 Å².